The van der Waals surface area contributed by atoms with E-state index in [9.17, 15) is 4.79 Å². The lowest BCUT2D eigenvalue weighted by Crippen LogP contribution is -2.38. The molecule has 1 aromatic carbocycles. The van der Waals surface area contributed by atoms with E-state index >= 15 is 0 Å². The number of carbonyl (C=O) groups is 1. The number of thiophene rings is 1. The fraction of sp³-hybridized carbons (Fsp3) is 0.312. The van der Waals surface area contributed by atoms with Crippen LogP contribution in [0.15, 0.2) is 29.6 Å². The lowest BCUT2D eigenvalue weighted by Gasteiger charge is -2.26. The van der Waals surface area contributed by atoms with E-state index in [0.29, 0.717) is 23.8 Å². The second kappa shape index (κ2) is 5.53. The van der Waals surface area contributed by atoms with Crippen LogP contribution < -0.4 is 14.2 Å². The molecule has 114 valence electrons. The molecule has 0 saturated heterocycles. The molecule has 0 fully saturated rings. The van der Waals surface area contributed by atoms with Crippen LogP contribution in [0.5, 0.6) is 17.2 Å². The van der Waals surface area contributed by atoms with Gasteiger partial charge in [-0.1, -0.05) is 0 Å². The van der Waals surface area contributed by atoms with Crippen LogP contribution in [0.1, 0.15) is 10.4 Å². The van der Waals surface area contributed by atoms with Gasteiger partial charge in [0.1, 0.15) is 5.75 Å². The van der Waals surface area contributed by atoms with Crippen LogP contribution in [0.25, 0.3) is 0 Å². The first-order chi connectivity index (χ1) is 10.8. The van der Waals surface area contributed by atoms with Crippen molar-refractivity contribution >= 4 is 17.2 Å². The number of carbonyl (C=O) groups excluding carboxylic acids is 1. The number of hydrogen-bond donors (Lipinski definition) is 0. The van der Waals surface area contributed by atoms with Crippen LogP contribution in [0.2, 0.25) is 0 Å². The molecule has 2 aromatic rings. The largest absolute Gasteiger partial charge is 0.484 e. The first kappa shape index (κ1) is 13.5. The van der Waals surface area contributed by atoms with E-state index in [2.05, 4.69) is 11.4 Å². The Morgan fingerprint density at radius 2 is 2.18 bits per heavy atom. The summed E-state index contributed by atoms with van der Waals surface area (Å²) in [5.41, 5.74) is 1.26. The maximum Gasteiger partial charge on any atom is 0.260 e. The van der Waals surface area contributed by atoms with Crippen molar-refractivity contribution in [3.8, 4) is 17.2 Å². The number of benzene rings is 1. The molecule has 5 nitrogen and oxygen atoms in total. The summed E-state index contributed by atoms with van der Waals surface area (Å²) < 4.78 is 16.1. The topological polar surface area (TPSA) is 48.0 Å². The summed E-state index contributed by atoms with van der Waals surface area (Å²) in [5, 5.41) is 2.09. The van der Waals surface area contributed by atoms with Crippen molar-refractivity contribution in [1.82, 2.24) is 4.90 Å². The molecule has 1 aromatic heterocycles. The number of amides is 1. The van der Waals surface area contributed by atoms with Gasteiger partial charge in [0.05, 0.1) is 0 Å². The number of rotatable bonds is 3. The molecular weight excluding hydrogens is 302 g/mol. The average molecular weight is 317 g/mol. The standard InChI is InChI=1S/C16H15NO4S/c18-16(17-5-3-15-11(8-17)4-6-22-15)9-19-12-1-2-13-14(7-12)21-10-20-13/h1-2,4,6-7H,3,5,8-10H2. The third-order valence-electron chi connectivity index (χ3n) is 3.87. The van der Waals surface area contributed by atoms with Crippen LogP contribution >= 0.6 is 11.3 Å². The highest BCUT2D eigenvalue weighted by atomic mass is 32.1. The maximum absolute atomic E-state index is 12.3. The lowest BCUT2D eigenvalue weighted by molar-refractivity contribution is -0.134. The average Bonchev–Trinajstić information content (AvgIpc) is 3.19. The van der Waals surface area contributed by atoms with Crippen LogP contribution in [-0.2, 0) is 17.8 Å². The smallest absolute Gasteiger partial charge is 0.260 e. The van der Waals surface area contributed by atoms with Crippen molar-refractivity contribution in [3.63, 3.8) is 0 Å². The molecule has 0 radical (unpaired) electrons. The number of hydrogen-bond acceptors (Lipinski definition) is 5. The molecule has 0 unspecified atom stereocenters. The third-order valence-corrected chi connectivity index (χ3v) is 4.89. The maximum atomic E-state index is 12.3. The molecular formula is C16H15NO4S. The van der Waals surface area contributed by atoms with Crippen molar-refractivity contribution in [1.29, 1.82) is 0 Å². The van der Waals surface area contributed by atoms with E-state index < -0.39 is 0 Å². The predicted octanol–water partition coefficient (Wildman–Crippen LogP) is 2.44. The van der Waals surface area contributed by atoms with E-state index in [4.69, 9.17) is 14.2 Å². The predicted molar refractivity (Wildman–Crippen MR) is 81.5 cm³/mol. The summed E-state index contributed by atoms with van der Waals surface area (Å²) in [4.78, 5) is 15.5. The van der Waals surface area contributed by atoms with Gasteiger partial charge in [0, 0.05) is 24.0 Å². The highest BCUT2D eigenvalue weighted by molar-refractivity contribution is 7.10. The minimum absolute atomic E-state index is 0.00881. The first-order valence-electron chi connectivity index (χ1n) is 7.15. The SMILES string of the molecule is O=C(COc1ccc2c(c1)OCO2)N1CCc2sccc2C1. The Hall–Kier alpha value is -2.21. The molecule has 3 heterocycles. The molecule has 6 heteroatoms. The van der Waals surface area contributed by atoms with Gasteiger partial charge in [-0.2, -0.15) is 0 Å². The second-order valence-electron chi connectivity index (χ2n) is 5.24. The Morgan fingerprint density at radius 1 is 1.27 bits per heavy atom. The lowest BCUT2D eigenvalue weighted by atomic mass is 10.1. The Kier molecular flexibility index (Phi) is 3.38. The molecule has 0 N–H and O–H groups in total. The molecule has 0 spiro atoms. The molecule has 2 aliphatic rings. The summed E-state index contributed by atoms with van der Waals surface area (Å²) in [7, 11) is 0. The summed E-state index contributed by atoms with van der Waals surface area (Å²) >= 11 is 1.77. The normalized spacial score (nSPS) is 15.5. The summed E-state index contributed by atoms with van der Waals surface area (Å²) in [6.07, 6.45) is 0.933. The van der Waals surface area contributed by atoms with E-state index in [0.717, 1.165) is 13.0 Å². The minimum atomic E-state index is 0.00881. The monoisotopic (exact) mass is 317 g/mol. The molecule has 1 amide bonds. The molecule has 0 aliphatic carbocycles. The molecule has 2 aliphatic heterocycles. The van der Waals surface area contributed by atoms with Crippen molar-refractivity contribution in [2.24, 2.45) is 0 Å². The summed E-state index contributed by atoms with van der Waals surface area (Å²) in [6, 6.07) is 7.43. The third kappa shape index (κ3) is 2.50. The van der Waals surface area contributed by atoms with Gasteiger partial charge in [-0.05, 0) is 35.6 Å². The Bertz CT molecular complexity index is 712. The van der Waals surface area contributed by atoms with Crippen molar-refractivity contribution < 1.29 is 19.0 Å². The number of fused-ring (bicyclic) bond motifs is 2. The zero-order chi connectivity index (χ0) is 14.9. The fourth-order valence-corrected chi connectivity index (χ4v) is 3.55. The highest BCUT2D eigenvalue weighted by Gasteiger charge is 2.22. The molecule has 22 heavy (non-hydrogen) atoms. The van der Waals surface area contributed by atoms with Crippen molar-refractivity contribution in [2.75, 3.05) is 19.9 Å². The molecule has 0 bridgehead atoms. The van der Waals surface area contributed by atoms with Gasteiger partial charge in [0.15, 0.2) is 18.1 Å². The Labute approximate surface area is 132 Å². The van der Waals surface area contributed by atoms with E-state index in [1.54, 1.807) is 29.5 Å². The van der Waals surface area contributed by atoms with E-state index in [1.165, 1.54) is 10.4 Å². The second-order valence-corrected chi connectivity index (χ2v) is 6.24. The zero-order valence-corrected chi connectivity index (χ0v) is 12.7. The highest BCUT2D eigenvalue weighted by Crippen LogP contribution is 2.35. The fourth-order valence-electron chi connectivity index (χ4n) is 2.66. The van der Waals surface area contributed by atoms with Crippen molar-refractivity contribution in [2.45, 2.75) is 13.0 Å². The molecule has 0 saturated carbocycles. The Balaban J connectivity index is 1.37. The van der Waals surface area contributed by atoms with Gasteiger partial charge in [0.25, 0.3) is 5.91 Å². The summed E-state index contributed by atoms with van der Waals surface area (Å²) in [5.74, 6) is 1.99. The van der Waals surface area contributed by atoms with Crippen LogP contribution in [0, 0.1) is 0 Å². The molecule has 0 atom stereocenters. The van der Waals surface area contributed by atoms with Gasteiger partial charge in [-0.25, -0.2) is 0 Å². The van der Waals surface area contributed by atoms with Gasteiger partial charge < -0.3 is 19.1 Å². The quantitative estimate of drug-likeness (QED) is 0.872. The van der Waals surface area contributed by atoms with Gasteiger partial charge in [-0.3, -0.25) is 4.79 Å². The zero-order valence-electron chi connectivity index (χ0n) is 11.9. The Morgan fingerprint density at radius 3 is 3.14 bits per heavy atom. The van der Waals surface area contributed by atoms with E-state index in [-0.39, 0.29) is 19.3 Å². The van der Waals surface area contributed by atoms with Crippen LogP contribution in [-0.4, -0.2) is 30.8 Å². The van der Waals surface area contributed by atoms with Crippen LogP contribution in [0.3, 0.4) is 0 Å². The van der Waals surface area contributed by atoms with Gasteiger partial charge in [-0.15, -0.1) is 11.3 Å². The first-order valence-corrected chi connectivity index (χ1v) is 8.03. The van der Waals surface area contributed by atoms with Gasteiger partial charge in [0.2, 0.25) is 6.79 Å². The van der Waals surface area contributed by atoms with Crippen LogP contribution in [0.4, 0.5) is 0 Å². The van der Waals surface area contributed by atoms with E-state index in [1.807, 2.05) is 4.90 Å². The van der Waals surface area contributed by atoms with Crippen molar-refractivity contribution in [3.05, 3.63) is 40.1 Å². The number of nitrogens with zero attached hydrogens (tertiary/aromatic N) is 1. The molecule has 4 rings (SSSR count). The number of ether oxygens (including phenoxy) is 3. The van der Waals surface area contributed by atoms with Gasteiger partial charge >= 0.3 is 0 Å². The summed E-state index contributed by atoms with van der Waals surface area (Å²) in [6.45, 7) is 1.71. The minimum Gasteiger partial charge on any atom is -0.484 e.